The Bertz CT molecular complexity index is 1540. The predicted molar refractivity (Wildman–Crippen MR) is 156 cm³/mol. The van der Waals surface area contributed by atoms with E-state index >= 15 is 0 Å². The van der Waals surface area contributed by atoms with E-state index in [1.165, 1.54) is 6.08 Å². The first kappa shape index (κ1) is 27.6. The first-order chi connectivity index (χ1) is 19.5. The van der Waals surface area contributed by atoms with E-state index in [9.17, 15) is 14.4 Å². The van der Waals surface area contributed by atoms with E-state index in [4.69, 9.17) is 9.47 Å². The van der Waals surface area contributed by atoms with Crippen LogP contribution in [0.1, 0.15) is 31.8 Å². The number of methoxy groups -OCH3 is 2. The van der Waals surface area contributed by atoms with E-state index in [0.29, 0.717) is 28.3 Å². The molecule has 0 saturated heterocycles. The lowest BCUT2D eigenvalue weighted by Gasteiger charge is -2.12. The Morgan fingerprint density at radius 1 is 0.675 bits per heavy atom. The fourth-order valence-corrected chi connectivity index (χ4v) is 3.80. The van der Waals surface area contributed by atoms with Crippen LogP contribution in [0.2, 0.25) is 0 Å². The maximum Gasteiger partial charge on any atom is 0.272 e. The van der Waals surface area contributed by atoms with Gasteiger partial charge < -0.3 is 20.1 Å². The minimum atomic E-state index is -0.499. The standard InChI is InChI=1S/C33H28N2O5/c1-39-30-20-14-24(22-31(30)40-2)13-19-29(36)25-15-17-27(18-16-25)34-33(38)28(21-23-9-5-3-6-10-23)35-32(37)26-11-7-4-8-12-26/h3-22H,1-2H3,(H,34,38)(H,35,37)/b19-13+,28-21-. The molecule has 0 unspecified atom stereocenters. The Labute approximate surface area is 232 Å². The van der Waals surface area contributed by atoms with Crippen molar-refractivity contribution in [1.29, 1.82) is 0 Å². The molecule has 0 aliphatic carbocycles. The van der Waals surface area contributed by atoms with Crippen LogP contribution in [-0.2, 0) is 4.79 Å². The molecule has 4 aromatic rings. The fourth-order valence-electron chi connectivity index (χ4n) is 3.80. The van der Waals surface area contributed by atoms with Crippen molar-refractivity contribution >= 4 is 35.4 Å². The normalized spacial score (nSPS) is 11.1. The number of ketones is 1. The van der Waals surface area contributed by atoms with Crippen molar-refractivity contribution in [3.8, 4) is 11.5 Å². The highest BCUT2D eigenvalue weighted by Gasteiger charge is 2.15. The number of ether oxygens (including phenoxy) is 2. The number of carbonyl (C=O) groups excluding carboxylic acids is 3. The molecule has 0 aromatic heterocycles. The van der Waals surface area contributed by atoms with E-state index in [1.54, 1.807) is 87.0 Å². The molecular formula is C33H28N2O5. The van der Waals surface area contributed by atoms with E-state index in [0.717, 1.165) is 11.1 Å². The number of hydrogen-bond acceptors (Lipinski definition) is 5. The van der Waals surface area contributed by atoms with Gasteiger partial charge in [-0.3, -0.25) is 14.4 Å². The smallest absolute Gasteiger partial charge is 0.272 e. The molecule has 0 saturated carbocycles. The molecule has 0 atom stereocenters. The van der Waals surface area contributed by atoms with E-state index in [2.05, 4.69) is 10.6 Å². The summed E-state index contributed by atoms with van der Waals surface area (Å²) in [5.74, 6) is 0.0657. The quantitative estimate of drug-likeness (QED) is 0.193. The molecule has 4 rings (SSSR count). The molecule has 7 nitrogen and oxygen atoms in total. The van der Waals surface area contributed by atoms with Gasteiger partial charge in [0.25, 0.3) is 11.8 Å². The second kappa shape index (κ2) is 13.4. The van der Waals surface area contributed by atoms with Gasteiger partial charge in [-0.05, 0) is 71.8 Å². The summed E-state index contributed by atoms with van der Waals surface area (Å²) in [5, 5.41) is 5.50. The largest absolute Gasteiger partial charge is 0.493 e. The molecule has 40 heavy (non-hydrogen) atoms. The molecule has 0 aliphatic heterocycles. The third kappa shape index (κ3) is 7.33. The van der Waals surface area contributed by atoms with Crippen LogP contribution in [0.25, 0.3) is 12.2 Å². The molecule has 0 bridgehead atoms. The van der Waals surface area contributed by atoms with Crippen LogP contribution in [0, 0.1) is 0 Å². The zero-order valence-electron chi connectivity index (χ0n) is 22.1. The lowest BCUT2D eigenvalue weighted by Crippen LogP contribution is -2.30. The highest BCUT2D eigenvalue weighted by Crippen LogP contribution is 2.28. The average molecular weight is 533 g/mol. The number of nitrogens with one attached hydrogen (secondary N) is 2. The Kier molecular flexibility index (Phi) is 9.24. The van der Waals surface area contributed by atoms with Crippen LogP contribution in [0.3, 0.4) is 0 Å². The van der Waals surface area contributed by atoms with Gasteiger partial charge in [-0.1, -0.05) is 60.7 Å². The summed E-state index contributed by atoms with van der Waals surface area (Å²) in [6.45, 7) is 0. The van der Waals surface area contributed by atoms with Crippen molar-refractivity contribution in [3.63, 3.8) is 0 Å². The molecule has 0 aliphatic rings. The van der Waals surface area contributed by atoms with E-state index in [-0.39, 0.29) is 11.5 Å². The number of benzene rings is 4. The topological polar surface area (TPSA) is 93.7 Å². The Morgan fingerprint density at radius 2 is 1.32 bits per heavy atom. The van der Waals surface area contributed by atoms with Crippen molar-refractivity contribution in [3.05, 3.63) is 137 Å². The molecule has 4 aromatic carbocycles. The van der Waals surface area contributed by atoms with Crippen LogP contribution in [0.4, 0.5) is 5.69 Å². The van der Waals surface area contributed by atoms with Crippen LogP contribution in [-0.4, -0.2) is 31.8 Å². The van der Waals surface area contributed by atoms with Gasteiger partial charge in [0, 0.05) is 16.8 Å². The summed E-state index contributed by atoms with van der Waals surface area (Å²) in [7, 11) is 3.11. The highest BCUT2D eigenvalue weighted by atomic mass is 16.5. The molecule has 0 heterocycles. The Hall–Kier alpha value is -5.43. The second-order valence-electron chi connectivity index (χ2n) is 8.63. The molecule has 0 spiro atoms. The number of amides is 2. The van der Waals surface area contributed by atoms with Crippen molar-refractivity contribution in [2.24, 2.45) is 0 Å². The number of rotatable bonds is 10. The Morgan fingerprint density at radius 3 is 1.98 bits per heavy atom. The van der Waals surface area contributed by atoms with Crippen LogP contribution in [0.5, 0.6) is 11.5 Å². The molecule has 2 amide bonds. The summed E-state index contributed by atoms with van der Waals surface area (Å²) in [6.07, 6.45) is 4.76. The van der Waals surface area contributed by atoms with E-state index < -0.39 is 11.8 Å². The van der Waals surface area contributed by atoms with Crippen molar-refractivity contribution in [2.45, 2.75) is 0 Å². The van der Waals surface area contributed by atoms with Gasteiger partial charge >= 0.3 is 0 Å². The van der Waals surface area contributed by atoms with Gasteiger partial charge in [-0.2, -0.15) is 0 Å². The summed E-state index contributed by atoms with van der Waals surface area (Å²) in [5.41, 5.74) is 2.97. The predicted octanol–water partition coefficient (Wildman–Crippen LogP) is 6.01. The minimum Gasteiger partial charge on any atom is -0.493 e. The number of carbonyl (C=O) groups is 3. The molecule has 0 fully saturated rings. The first-order valence-electron chi connectivity index (χ1n) is 12.5. The maximum atomic E-state index is 13.2. The van der Waals surface area contributed by atoms with E-state index in [1.807, 2.05) is 42.5 Å². The molecule has 2 N–H and O–H groups in total. The van der Waals surface area contributed by atoms with Gasteiger partial charge in [0.05, 0.1) is 14.2 Å². The lowest BCUT2D eigenvalue weighted by atomic mass is 10.1. The van der Waals surface area contributed by atoms with Crippen molar-refractivity contribution in [2.75, 3.05) is 19.5 Å². The van der Waals surface area contributed by atoms with Crippen LogP contribution >= 0.6 is 0 Å². The van der Waals surface area contributed by atoms with Crippen LogP contribution < -0.4 is 20.1 Å². The summed E-state index contributed by atoms with van der Waals surface area (Å²) in [4.78, 5) is 38.6. The number of allylic oxidation sites excluding steroid dienone is 1. The van der Waals surface area contributed by atoms with Gasteiger partial charge in [0.15, 0.2) is 17.3 Å². The monoisotopic (exact) mass is 532 g/mol. The van der Waals surface area contributed by atoms with Gasteiger partial charge in [0.1, 0.15) is 5.70 Å². The SMILES string of the molecule is COc1ccc(/C=C/C(=O)c2ccc(NC(=O)/C(=C/c3ccccc3)NC(=O)c3ccccc3)cc2)cc1OC. The zero-order chi connectivity index (χ0) is 28.3. The maximum absolute atomic E-state index is 13.2. The van der Waals surface area contributed by atoms with Crippen molar-refractivity contribution < 1.29 is 23.9 Å². The fraction of sp³-hybridized carbons (Fsp3) is 0.0606. The molecule has 200 valence electrons. The third-order valence-electron chi connectivity index (χ3n) is 5.90. The van der Waals surface area contributed by atoms with Gasteiger partial charge in [0.2, 0.25) is 0 Å². The summed E-state index contributed by atoms with van der Waals surface area (Å²) >= 11 is 0. The van der Waals surface area contributed by atoms with Gasteiger partial charge in [-0.25, -0.2) is 0 Å². The first-order valence-corrected chi connectivity index (χ1v) is 12.5. The van der Waals surface area contributed by atoms with Crippen molar-refractivity contribution in [1.82, 2.24) is 5.32 Å². The highest BCUT2D eigenvalue weighted by molar-refractivity contribution is 6.11. The van der Waals surface area contributed by atoms with Gasteiger partial charge in [-0.15, -0.1) is 0 Å². The molecular weight excluding hydrogens is 504 g/mol. The number of anilines is 1. The second-order valence-corrected chi connectivity index (χ2v) is 8.63. The average Bonchev–Trinajstić information content (AvgIpc) is 3.00. The lowest BCUT2D eigenvalue weighted by molar-refractivity contribution is -0.113. The Balaban J connectivity index is 1.46. The zero-order valence-corrected chi connectivity index (χ0v) is 22.1. The molecule has 7 heteroatoms. The number of hydrogen-bond donors (Lipinski definition) is 2. The summed E-state index contributed by atoms with van der Waals surface area (Å²) in [6, 6.07) is 29.7. The van der Waals surface area contributed by atoms with Crippen LogP contribution in [0.15, 0.2) is 115 Å². The third-order valence-corrected chi connectivity index (χ3v) is 5.90. The summed E-state index contributed by atoms with van der Waals surface area (Å²) < 4.78 is 10.5. The molecule has 0 radical (unpaired) electrons. The minimum absolute atomic E-state index is 0.0815.